The van der Waals surface area contributed by atoms with Crippen LogP contribution in [0.1, 0.15) is 12.8 Å². The third-order valence-corrected chi connectivity index (χ3v) is 1.70. The topological polar surface area (TPSA) is 48.6 Å². The summed E-state index contributed by atoms with van der Waals surface area (Å²) in [4.78, 5) is 5.53. The quantitative estimate of drug-likeness (QED) is 0.290. The van der Waals surface area contributed by atoms with Gasteiger partial charge in [-0.25, -0.2) is 0 Å². The largest absolute Gasteiger partial charge is 0.468 e. The molecule has 0 aromatic heterocycles. The second kappa shape index (κ2) is 3.81. The van der Waals surface area contributed by atoms with Gasteiger partial charge in [-0.1, -0.05) is 0 Å². The molecule has 0 aliphatic carbocycles. The van der Waals surface area contributed by atoms with Gasteiger partial charge in [-0.3, -0.25) is 0 Å². The summed E-state index contributed by atoms with van der Waals surface area (Å²) in [6.45, 7) is 1.91. The van der Waals surface area contributed by atoms with Gasteiger partial charge in [0.25, 0.3) is 0 Å². The monoisotopic (exact) mass is 153 g/mol. The standard InChI is InChI=1S/C7H11N3O/c1-11-7(9-6-8)10-4-2-3-5-10/h2-5H2,1H3. The van der Waals surface area contributed by atoms with E-state index < -0.39 is 0 Å². The van der Waals surface area contributed by atoms with Crippen LogP contribution in [-0.4, -0.2) is 31.1 Å². The maximum absolute atomic E-state index is 8.28. The van der Waals surface area contributed by atoms with Gasteiger partial charge in [-0.2, -0.15) is 5.26 Å². The van der Waals surface area contributed by atoms with Crippen LogP contribution in [0, 0.1) is 11.5 Å². The Labute approximate surface area is 66.1 Å². The molecule has 0 saturated carbocycles. The van der Waals surface area contributed by atoms with E-state index in [2.05, 4.69) is 4.99 Å². The summed E-state index contributed by atoms with van der Waals surface area (Å²) in [6.07, 6.45) is 4.04. The number of aliphatic imine (C=N–C) groups is 1. The fraction of sp³-hybridized carbons (Fsp3) is 0.714. The minimum Gasteiger partial charge on any atom is -0.468 e. The summed E-state index contributed by atoms with van der Waals surface area (Å²) in [7, 11) is 1.54. The van der Waals surface area contributed by atoms with E-state index in [1.54, 1.807) is 6.19 Å². The number of nitriles is 1. The van der Waals surface area contributed by atoms with Gasteiger partial charge in [0.05, 0.1) is 7.11 Å². The minimum absolute atomic E-state index is 0.449. The Morgan fingerprint density at radius 3 is 2.64 bits per heavy atom. The summed E-state index contributed by atoms with van der Waals surface area (Å²) < 4.78 is 4.93. The number of hydrogen-bond donors (Lipinski definition) is 0. The molecular weight excluding hydrogens is 142 g/mol. The van der Waals surface area contributed by atoms with Crippen LogP contribution >= 0.6 is 0 Å². The van der Waals surface area contributed by atoms with Gasteiger partial charge in [0.2, 0.25) is 6.19 Å². The van der Waals surface area contributed by atoms with Crippen LogP contribution in [0.4, 0.5) is 0 Å². The van der Waals surface area contributed by atoms with Crippen LogP contribution in [0.2, 0.25) is 0 Å². The van der Waals surface area contributed by atoms with Crippen molar-refractivity contribution in [3.63, 3.8) is 0 Å². The molecule has 1 saturated heterocycles. The van der Waals surface area contributed by atoms with Crippen molar-refractivity contribution >= 4 is 6.02 Å². The van der Waals surface area contributed by atoms with Gasteiger partial charge in [0, 0.05) is 13.1 Å². The first kappa shape index (κ1) is 7.86. The Hall–Kier alpha value is -1.24. The predicted molar refractivity (Wildman–Crippen MR) is 40.9 cm³/mol. The molecule has 0 amide bonds. The fourth-order valence-electron chi connectivity index (χ4n) is 1.20. The van der Waals surface area contributed by atoms with Gasteiger partial charge in [-0.05, 0) is 12.8 Å². The zero-order valence-corrected chi connectivity index (χ0v) is 6.58. The first-order valence-corrected chi connectivity index (χ1v) is 3.64. The lowest BCUT2D eigenvalue weighted by Crippen LogP contribution is -2.28. The Kier molecular flexibility index (Phi) is 2.73. The van der Waals surface area contributed by atoms with E-state index in [1.165, 1.54) is 7.11 Å². The average molecular weight is 153 g/mol. The highest BCUT2D eigenvalue weighted by atomic mass is 16.5. The molecule has 4 heteroatoms. The zero-order valence-electron chi connectivity index (χ0n) is 6.58. The Balaban J connectivity index is 2.55. The number of nitrogens with zero attached hydrogens (tertiary/aromatic N) is 3. The van der Waals surface area contributed by atoms with Gasteiger partial charge >= 0.3 is 6.02 Å². The third-order valence-electron chi connectivity index (χ3n) is 1.70. The highest BCUT2D eigenvalue weighted by Gasteiger charge is 2.16. The lowest BCUT2D eigenvalue weighted by atomic mass is 10.4. The van der Waals surface area contributed by atoms with Crippen molar-refractivity contribution in [1.29, 1.82) is 5.26 Å². The van der Waals surface area contributed by atoms with Crippen LogP contribution in [0.3, 0.4) is 0 Å². The molecule has 60 valence electrons. The summed E-state index contributed by atoms with van der Waals surface area (Å²) in [5, 5.41) is 8.28. The maximum Gasteiger partial charge on any atom is 0.302 e. The second-order valence-electron chi connectivity index (χ2n) is 2.39. The molecule has 0 aromatic carbocycles. The van der Waals surface area contributed by atoms with E-state index in [1.807, 2.05) is 4.90 Å². The van der Waals surface area contributed by atoms with Crippen molar-refractivity contribution in [1.82, 2.24) is 4.90 Å². The van der Waals surface area contributed by atoms with Crippen molar-refractivity contribution < 1.29 is 4.74 Å². The van der Waals surface area contributed by atoms with Crippen LogP contribution in [-0.2, 0) is 4.74 Å². The normalized spacial score (nSPS) is 18.2. The third kappa shape index (κ3) is 1.84. The second-order valence-corrected chi connectivity index (χ2v) is 2.39. The molecule has 0 atom stereocenters. The Morgan fingerprint density at radius 1 is 1.55 bits per heavy atom. The molecule has 1 rings (SSSR count). The van der Waals surface area contributed by atoms with Gasteiger partial charge in [0.1, 0.15) is 0 Å². The molecule has 0 aromatic rings. The van der Waals surface area contributed by atoms with Gasteiger partial charge in [-0.15, -0.1) is 4.99 Å². The first-order chi connectivity index (χ1) is 5.38. The van der Waals surface area contributed by atoms with Crippen molar-refractivity contribution in [2.45, 2.75) is 12.8 Å². The SMILES string of the molecule is COC(=NC#N)N1CCCC1. The van der Waals surface area contributed by atoms with E-state index in [4.69, 9.17) is 10.00 Å². The molecular formula is C7H11N3O. The zero-order chi connectivity index (χ0) is 8.10. The van der Waals surface area contributed by atoms with Gasteiger partial charge in [0.15, 0.2) is 0 Å². The van der Waals surface area contributed by atoms with Crippen LogP contribution in [0.15, 0.2) is 4.99 Å². The molecule has 1 aliphatic heterocycles. The molecule has 1 aliphatic rings. The lowest BCUT2D eigenvalue weighted by molar-refractivity contribution is 0.310. The molecule has 1 fully saturated rings. The number of hydrogen-bond acceptors (Lipinski definition) is 3. The smallest absolute Gasteiger partial charge is 0.302 e. The van der Waals surface area contributed by atoms with E-state index in [0.29, 0.717) is 6.02 Å². The maximum atomic E-state index is 8.28. The van der Waals surface area contributed by atoms with E-state index in [-0.39, 0.29) is 0 Å². The minimum atomic E-state index is 0.449. The summed E-state index contributed by atoms with van der Waals surface area (Å²) in [6, 6.07) is 0.449. The molecule has 11 heavy (non-hydrogen) atoms. The summed E-state index contributed by atoms with van der Waals surface area (Å²) in [5.74, 6) is 0. The molecule has 0 spiro atoms. The molecule has 0 N–H and O–H groups in total. The fourth-order valence-corrected chi connectivity index (χ4v) is 1.20. The number of likely N-dealkylation sites (tertiary alicyclic amines) is 1. The van der Waals surface area contributed by atoms with Crippen molar-refractivity contribution in [3.8, 4) is 6.19 Å². The van der Waals surface area contributed by atoms with Crippen LogP contribution < -0.4 is 0 Å². The number of methoxy groups -OCH3 is 1. The number of ether oxygens (including phenoxy) is 1. The Morgan fingerprint density at radius 2 is 2.18 bits per heavy atom. The number of amidine groups is 1. The Bertz CT molecular complexity index is 188. The molecule has 4 nitrogen and oxygen atoms in total. The van der Waals surface area contributed by atoms with Gasteiger partial charge < -0.3 is 9.64 Å². The predicted octanol–water partition coefficient (Wildman–Crippen LogP) is 0.566. The summed E-state index contributed by atoms with van der Waals surface area (Å²) in [5.41, 5.74) is 0. The summed E-state index contributed by atoms with van der Waals surface area (Å²) >= 11 is 0. The first-order valence-electron chi connectivity index (χ1n) is 3.64. The lowest BCUT2D eigenvalue weighted by Gasteiger charge is -2.15. The highest BCUT2D eigenvalue weighted by Crippen LogP contribution is 2.08. The molecule has 1 heterocycles. The van der Waals surface area contributed by atoms with Crippen molar-refractivity contribution in [2.24, 2.45) is 4.99 Å². The van der Waals surface area contributed by atoms with Crippen molar-refractivity contribution in [2.75, 3.05) is 20.2 Å². The van der Waals surface area contributed by atoms with E-state index in [9.17, 15) is 0 Å². The molecule has 0 radical (unpaired) electrons. The van der Waals surface area contributed by atoms with Crippen molar-refractivity contribution in [3.05, 3.63) is 0 Å². The number of rotatable bonds is 0. The van der Waals surface area contributed by atoms with Crippen LogP contribution in [0.5, 0.6) is 0 Å². The van der Waals surface area contributed by atoms with Crippen LogP contribution in [0.25, 0.3) is 0 Å². The van der Waals surface area contributed by atoms with E-state index in [0.717, 1.165) is 25.9 Å². The highest BCUT2D eigenvalue weighted by molar-refractivity contribution is 5.74. The van der Waals surface area contributed by atoms with E-state index >= 15 is 0 Å². The molecule has 0 unspecified atom stereocenters. The average Bonchev–Trinajstić information content (AvgIpc) is 2.52. The molecule has 0 bridgehead atoms.